The number of nitrogens with zero attached hydrogens (tertiary/aromatic N) is 1. The lowest BCUT2D eigenvalue weighted by Gasteiger charge is -2.42. The molecule has 0 aliphatic carbocycles. The number of carbonyl (C=O) groups is 4. The zero-order valence-electron chi connectivity index (χ0n) is 32.0. The van der Waals surface area contributed by atoms with Crippen molar-refractivity contribution in [3.8, 4) is 5.75 Å². The Balaban J connectivity index is 1.72. The number of hydrogen-bond acceptors (Lipinski definition) is 12. The van der Waals surface area contributed by atoms with Crippen LogP contribution in [-0.4, -0.2) is 122 Å². The van der Waals surface area contributed by atoms with Gasteiger partial charge in [-0.05, 0) is 63.3 Å². The number of esters is 1. The highest BCUT2D eigenvalue weighted by Gasteiger charge is 2.64. The summed E-state index contributed by atoms with van der Waals surface area (Å²) in [5.74, 6) is -0.765. The molecule has 5 N–H and O–H groups in total. The van der Waals surface area contributed by atoms with Gasteiger partial charge in [0.25, 0.3) is 0 Å². The third kappa shape index (κ3) is 11.3. The Morgan fingerprint density at radius 1 is 1.28 bits per heavy atom. The third-order valence-corrected chi connectivity index (χ3v) is 10.9. The summed E-state index contributed by atoms with van der Waals surface area (Å²) in [5.41, 5.74) is 5.08. The molecule has 2 saturated heterocycles. The van der Waals surface area contributed by atoms with Crippen molar-refractivity contribution in [3.05, 3.63) is 52.6 Å². The molecule has 0 aromatic heterocycles. The van der Waals surface area contributed by atoms with E-state index in [1.807, 2.05) is 31.4 Å². The zero-order valence-corrected chi connectivity index (χ0v) is 33.5. The van der Waals surface area contributed by atoms with Crippen molar-refractivity contribution in [1.29, 1.82) is 0 Å². The number of halogens is 1. The summed E-state index contributed by atoms with van der Waals surface area (Å²) >= 11 is 7.71. The van der Waals surface area contributed by atoms with Gasteiger partial charge in [0.2, 0.25) is 11.8 Å². The smallest absolute Gasteiger partial charge is 0.409 e. The maximum absolute atomic E-state index is 13.4. The number of benzene rings is 1. The normalized spacial score (nSPS) is 25.7. The van der Waals surface area contributed by atoms with Gasteiger partial charge in [0.15, 0.2) is 5.72 Å². The maximum atomic E-state index is 13.4. The Kier molecular flexibility index (Phi) is 16.1. The molecule has 2 aliphatic heterocycles. The molecule has 3 amide bonds. The van der Waals surface area contributed by atoms with E-state index in [9.17, 15) is 24.3 Å². The van der Waals surface area contributed by atoms with E-state index in [2.05, 4.69) is 10.6 Å². The highest BCUT2D eigenvalue weighted by atomic mass is 35.5. The number of rotatable bonds is 19. The first kappa shape index (κ1) is 44.1. The number of alkyl carbamates (subject to hydrolysis) is 1. The largest absolute Gasteiger partial charge is 0.495 e. The van der Waals surface area contributed by atoms with E-state index in [0.717, 1.165) is 11.1 Å². The minimum Gasteiger partial charge on any atom is -0.495 e. The summed E-state index contributed by atoms with van der Waals surface area (Å²) in [6.45, 7) is 6.98. The zero-order chi connectivity index (χ0) is 39.7. The molecule has 0 radical (unpaired) electrons. The maximum Gasteiger partial charge on any atom is 0.409 e. The van der Waals surface area contributed by atoms with E-state index >= 15 is 0 Å². The van der Waals surface area contributed by atoms with Crippen molar-refractivity contribution >= 4 is 47.2 Å². The summed E-state index contributed by atoms with van der Waals surface area (Å²) in [6.07, 6.45) is 3.67. The molecular weight excluding hydrogens is 728 g/mol. The molecule has 1 aromatic rings. The van der Waals surface area contributed by atoms with Gasteiger partial charge in [-0.3, -0.25) is 14.9 Å². The fourth-order valence-corrected chi connectivity index (χ4v) is 7.03. The number of methoxy groups -OCH3 is 2. The summed E-state index contributed by atoms with van der Waals surface area (Å²) in [6, 6.07) is 3.80. The highest BCUT2D eigenvalue weighted by molar-refractivity contribution is 7.98. The van der Waals surface area contributed by atoms with Crippen molar-refractivity contribution in [1.82, 2.24) is 15.5 Å². The summed E-state index contributed by atoms with van der Waals surface area (Å²) < 4.78 is 28.6. The van der Waals surface area contributed by atoms with E-state index in [1.165, 1.54) is 33.0 Å². The number of nitrogens with two attached hydrogens (primary N) is 1. The number of amides is 3. The Labute approximate surface area is 321 Å². The minimum absolute atomic E-state index is 0.0629. The van der Waals surface area contributed by atoms with E-state index in [1.54, 1.807) is 50.9 Å². The topological polar surface area (TPSA) is 191 Å². The minimum atomic E-state index is -1.84. The number of allylic oxidation sites excluding steroid dienone is 3. The fraction of sp³-hybridized carbons (Fsp3) is 0.622. The molecule has 8 unspecified atom stereocenters. The van der Waals surface area contributed by atoms with Gasteiger partial charge in [-0.1, -0.05) is 48.4 Å². The number of thioether (sulfide) groups is 1. The van der Waals surface area contributed by atoms with Gasteiger partial charge in [-0.15, -0.1) is 0 Å². The van der Waals surface area contributed by atoms with Crippen LogP contribution in [0.3, 0.4) is 0 Å². The van der Waals surface area contributed by atoms with Crippen molar-refractivity contribution in [3.63, 3.8) is 0 Å². The molecule has 2 aliphatic rings. The first-order valence-electron chi connectivity index (χ1n) is 17.4. The van der Waals surface area contributed by atoms with E-state index in [0.29, 0.717) is 29.4 Å². The number of carbonyl (C=O) groups excluding carboxylic acids is 4. The van der Waals surface area contributed by atoms with Crippen molar-refractivity contribution < 1.29 is 48.0 Å². The van der Waals surface area contributed by atoms with Crippen LogP contribution in [0, 0.1) is 5.92 Å². The number of epoxide rings is 1. The molecule has 14 nitrogen and oxygen atoms in total. The third-order valence-electron chi connectivity index (χ3n) is 9.90. The molecule has 9 atom stereocenters. The lowest BCUT2D eigenvalue weighted by atomic mass is 9.83. The van der Waals surface area contributed by atoms with Crippen LogP contribution in [-0.2, 0) is 39.8 Å². The molecule has 0 spiro atoms. The van der Waals surface area contributed by atoms with Crippen LogP contribution < -0.4 is 21.1 Å². The average Bonchev–Trinajstić information content (AvgIpc) is 3.82. The van der Waals surface area contributed by atoms with Gasteiger partial charge in [-0.25, -0.2) is 9.59 Å². The second-order valence-electron chi connectivity index (χ2n) is 13.8. The lowest BCUT2D eigenvalue weighted by Crippen LogP contribution is -2.63. The SMILES string of the molecule is CNC(=O)CC(OC(=O)[C@H](C)N(C)C(=O)C(N)CCSC)C1(C)OC1C(C)C1CC(O)(C(/C=C/C=C(\C)Cc2ccc(Cl)c(OC)c2)OC)NC(=O)O1. The Hall–Kier alpha value is -3.34. The van der Waals surface area contributed by atoms with Gasteiger partial charge in [0.1, 0.15) is 35.7 Å². The second-order valence-corrected chi connectivity index (χ2v) is 15.2. The molecule has 1 aromatic carbocycles. The van der Waals surface area contributed by atoms with E-state index in [-0.39, 0.29) is 12.8 Å². The van der Waals surface area contributed by atoms with Gasteiger partial charge in [0, 0.05) is 33.5 Å². The Morgan fingerprint density at radius 3 is 2.60 bits per heavy atom. The van der Waals surface area contributed by atoms with Crippen LogP contribution >= 0.6 is 23.4 Å². The molecule has 2 heterocycles. The van der Waals surface area contributed by atoms with Gasteiger partial charge in [-0.2, -0.15) is 11.8 Å². The second kappa shape index (κ2) is 19.3. The van der Waals surface area contributed by atoms with Gasteiger partial charge in [0.05, 0.1) is 30.7 Å². The van der Waals surface area contributed by atoms with Crippen molar-refractivity contribution in [2.24, 2.45) is 11.7 Å². The van der Waals surface area contributed by atoms with Crippen LogP contribution in [0.15, 0.2) is 42.0 Å². The van der Waals surface area contributed by atoms with Crippen LogP contribution in [0.25, 0.3) is 0 Å². The van der Waals surface area contributed by atoms with E-state index in [4.69, 9.17) is 41.0 Å². The number of ether oxygens (including phenoxy) is 5. The Morgan fingerprint density at radius 2 is 1.98 bits per heavy atom. The van der Waals surface area contributed by atoms with Crippen molar-refractivity contribution in [2.75, 3.05) is 40.3 Å². The van der Waals surface area contributed by atoms with Gasteiger partial charge >= 0.3 is 12.1 Å². The number of likely N-dealkylation sites (N-methyl/N-ethyl adjacent to an activating group) is 1. The predicted octanol–water partition coefficient (Wildman–Crippen LogP) is 3.36. The van der Waals surface area contributed by atoms with Crippen LogP contribution in [0.5, 0.6) is 5.75 Å². The first-order valence-corrected chi connectivity index (χ1v) is 19.2. The predicted molar refractivity (Wildman–Crippen MR) is 203 cm³/mol. The lowest BCUT2D eigenvalue weighted by molar-refractivity contribution is -0.162. The molecule has 0 bridgehead atoms. The fourth-order valence-electron chi connectivity index (χ4n) is 6.34. The molecule has 53 heavy (non-hydrogen) atoms. The summed E-state index contributed by atoms with van der Waals surface area (Å²) in [7, 11) is 5.93. The van der Waals surface area contributed by atoms with Crippen LogP contribution in [0.1, 0.15) is 52.5 Å². The monoisotopic (exact) mass is 782 g/mol. The summed E-state index contributed by atoms with van der Waals surface area (Å²) in [4.78, 5) is 52.9. The van der Waals surface area contributed by atoms with Crippen LogP contribution in [0.4, 0.5) is 4.79 Å². The molecule has 2 fully saturated rings. The number of hydrogen-bond donors (Lipinski definition) is 4. The number of aliphatic hydroxyl groups is 1. The molecule has 296 valence electrons. The number of cyclic esters (lactones) is 1. The van der Waals surface area contributed by atoms with Crippen molar-refractivity contribution in [2.45, 2.75) is 101 Å². The van der Waals surface area contributed by atoms with Crippen LogP contribution in [0.2, 0.25) is 5.02 Å². The molecule has 16 heteroatoms. The molecular formula is C37H55ClN4O10S. The summed E-state index contributed by atoms with van der Waals surface area (Å²) in [5, 5.41) is 17.3. The Bertz CT molecular complexity index is 1530. The quantitative estimate of drug-likeness (QED) is 0.0911. The first-order chi connectivity index (χ1) is 24.9. The highest BCUT2D eigenvalue weighted by Crippen LogP contribution is 2.48. The van der Waals surface area contributed by atoms with E-state index < -0.39 is 77.6 Å². The molecule has 0 saturated carbocycles. The standard InChI is InChI=1S/C37H55ClN4O10S/c1-21(17-24-13-14-25(38)27(18-24)48-7)11-10-12-29(49-8)37(47)20-28(50-35(46)41-37)22(2)32-36(4,52-32)30(19-31(43)40-5)51-34(45)23(3)42(6)33(44)26(39)15-16-53-9/h10-14,18,22-23,26,28-30,32,47H,15-17,19-20,39H2,1-9H3,(H,40,43)(H,41,46)/b12-10+,21-11+/t22?,23-,26?,28?,29?,30?,32?,36?,37?/m0/s1. The molecule has 3 rings (SSSR count). The number of nitrogens with one attached hydrogen (secondary N) is 2. The van der Waals surface area contributed by atoms with Gasteiger partial charge < -0.3 is 44.7 Å². The average molecular weight is 783 g/mol.